The normalized spacial score (nSPS) is 32.0. The Kier molecular flexibility index (Phi) is 2.54. The van der Waals surface area contributed by atoms with Gasteiger partial charge in [0.25, 0.3) is 0 Å². The van der Waals surface area contributed by atoms with Crippen molar-refractivity contribution in [2.45, 2.75) is 25.9 Å². The first kappa shape index (κ1) is 9.00. The highest BCUT2D eigenvalue weighted by atomic mass is 32.2. The number of hydrogen-bond donors (Lipinski definition) is 1. The van der Waals surface area contributed by atoms with Crippen LogP contribution in [0.4, 0.5) is 0 Å². The molecule has 1 rings (SSSR count). The standard InChI is InChI=1S/C7H14O3S/c1-6(8)4-7-2-3-11(9,10)5-7/h6-8H,2-5H2,1H3/t6-,7?/m1/s1. The third kappa shape index (κ3) is 2.79. The van der Waals surface area contributed by atoms with Crippen LogP contribution in [0.25, 0.3) is 0 Å². The molecular weight excluding hydrogens is 164 g/mol. The fourth-order valence-corrected chi connectivity index (χ4v) is 3.42. The molecule has 1 fully saturated rings. The van der Waals surface area contributed by atoms with Gasteiger partial charge in [-0.3, -0.25) is 0 Å². The molecule has 66 valence electrons. The molecular formula is C7H14O3S. The molecule has 0 aromatic rings. The summed E-state index contributed by atoms with van der Waals surface area (Å²) in [6.45, 7) is 1.70. The van der Waals surface area contributed by atoms with Gasteiger partial charge in [-0.05, 0) is 25.7 Å². The van der Waals surface area contributed by atoms with E-state index < -0.39 is 9.84 Å². The first-order chi connectivity index (χ1) is 4.99. The molecule has 0 radical (unpaired) electrons. The van der Waals surface area contributed by atoms with Crippen LogP contribution in [-0.2, 0) is 9.84 Å². The molecule has 0 bridgehead atoms. The van der Waals surface area contributed by atoms with Crippen LogP contribution < -0.4 is 0 Å². The van der Waals surface area contributed by atoms with Crippen LogP contribution in [-0.4, -0.2) is 31.1 Å². The molecule has 0 aliphatic carbocycles. The minimum atomic E-state index is -2.75. The van der Waals surface area contributed by atoms with E-state index in [0.29, 0.717) is 12.2 Å². The number of rotatable bonds is 2. The minimum Gasteiger partial charge on any atom is -0.393 e. The van der Waals surface area contributed by atoms with Crippen LogP contribution in [0.2, 0.25) is 0 Å². The van der Waals surface area contributed by atoms with Crippen LogP contribution >= 0.6 is 0 Å². The number of hydrogen-bond acceptors (Lipinski definition) is 3. The lowest BCUT2D eigenvalue weighted by molar-refractivity contribution is 0.165. The highest BCUT2D eigenvalue weighted by Gasteiger charge is 2.28. The van der Waals surface area contributed by atoms with Crippen molar-refractivity contribution in [2.24, 2.45) is 5.92 Å². The van der Waals surface area contributed by atoms with Gasteiger partial charge in [-0.1, -0.05) is 0 Å². The van der Waals surface area contributed by atoms with E-state index in [1.165, 1.54) is 0 Å². The van der Waals surface area contributed by atoms with Gasteiger partial charge < -0.3 is 5.11 Å². The maximum atomic E-state index is 10.9. The summed E-state index contributed by atoms with van der Waals surface area (Å²) < 4.78 is 21.9. The van der Waals surface area contributed by atoms with Crippen molar-refractivity contribution in [2.75, 3.05) is 11.5 Å². The Morgan fingerprint density at radius 3 is 2.64 bits per heavy atom. The second-order valence-corrected chi connectivity index (χ2v) is 5.58. The van der Waals surface area contributed by atoms with E-state index in [0.717, 1.165) is 6.42 Å². The SMILES string of the molecule is C[C@@H](O)CC1CCS(=O)(=O)C1. The molecule has 1 heterocycles. The van der Waals surface area contributed by atoms with Gasteiger partial charge in [-0.15, -0.1) is 0 Å². The smallest absolute Gasteiger partial charge is 0.150 e. The Morgan fingerprint density at radius 2 is 2.27 bits per heavy atom. The summed E-state index contributed by atoms with van der Waals surface area (Å²) >= 11 is 0. The van der Waals surface area contributed by atoms with Crippen molar-refractivity contribution in [1.29, 1.82) is 0 Å². The Morgan fingerprint density at radius 1 is 1.64 bits per heavy atom. The lowest BCUT2D eigenvalue weighted by Gasteiger charge is -2.08. The van der Waals surface area contributed by atoms with E-state index in [2.05, 4.69) is 0 Å². The fourth-order valence-electron chi connectivity index (χ4n) is 1.54. The minimum absolute atomic E-state index is 0.194. The maximum Gasteiger partial charge on any atom is 0.150 e. The van der Waals surface area contributed by atoms with Crippen molar-refractivity contribution < 1.29 is 13.5 Å². The Balaban J connectivity index is 2.43. The zero-order valence-electron chi connectivity index (χ0n) is 6.66. The summed E-state index contributed by atoms with van der Waals surface area (Å²) in [6.07, 6.45) is 0.986. The molecule has 1 aliphatic rings. The molecule has 1 N–H and O–H groups in total. The summed E-state index contributed by atoms with van der Waals surface area (Å²) in [5.41, 5.74) is 0. The molecule has 2 atom stereocenters. The van der Waals surface area contributed by atoms with Gasteiger partial charge in [0.2, 0.25) is 0 Å². The largest absolute Gasteiger partial charge is 0.393 e. The molecule has 4 heteroatoms. The van der Waals surface area contributed by atoms with Crippen LogP contribution in [0.15, 0.2) is 0 Å². The lowest BCUT2D eigenvalue weighted by Crippen LogP contribution is -2.11. The summed E-state index contributed by atoms with van der Waals surface area (Å²) in [6, 6.07) is 0. The summed E-state index contributed by atoms with van der Waals surface area (Å²) in [5, 5.41) is 8.99. The van der Waals surface area contributed by atoms with Crippen molar-refractivity contribution in [3.05, 3.63) is 0 Å². The van der Waals surface area contributed by atoms with Crippen molar-refractivity contribution in [1.82, 2.24) is 0 Å². The highest BCUT2D eigenvalue weighted by molar-refractivity contribution is 7.91. The van der Waals surface area contributed by atoms with Crippen molar-refractivity contribution >= 4 is 9.84 Å². The fraction of sp³-hybridized carbons (Fsp3) is 1.00. The van der Waals surface area contributed by atoms with Crippen LogP contribution in [0.5, 0.6) is 0 Å². The van der Waals surface area contributed by atoms with Crippen LogP contribution in [0.1, 0.15) is 19.8 Å². The summed E-state index contributed by atoms with van der Waals surface area (Å²) in [5.74, 6) is 0.780. The lowest BCUT2D eigenvalue weighted by atomic mass is 10.0. The maximum absolute atomic E-state index is 10.9. The van der Waals surface area contributed by atoms with Crippen molar-refractivity contribution in [3.8, 4) is 0 Å². The van der Waals surface area contributed by atoms with Gasteiger partial charge in [-0.2, -0.15) is 0 Å². The van der Waals surface area contributed by atoms with Crippen LogP contribution in [0, 0.1) is 5.92 Å². The molecule has 0 aromatic carbocycles. The molecule has 1 aliphatic heterocycles. The van der Waals surface area contributed by atoms with Gasteiger partial charge in [0.05, 0.1) is 17.6 Å². The van der Waals surface area contributed by atoms with Gasteiger partial charge >= 0.3 is 0 Å². The van der Waals surface area contributed by atoms with Gasteiger partial charge in [0, 0.05) is 0 Å². The van der Waals surface area contributed by atoms with Gasteiger partial charge in [0.1, 0.15) is 0 Å². The van der Waals surface area contributed by atoms with Crippen molar-refractivity contribution in [3.63, 3.8) is 0 Å². The zero-order valence-corrected chi connectivity index (χ0v) is 7.47. The van der Waals surface area contributed by atoms with Gasteiger partial charge in [0.15, 0.2) is 9.84 Å². The van der Waals surface area contributed by atoms with Crippen LogP contribution in [0.3, 0.4) is 0 Å². The molecule has 0 aromatic heterocycles. The average molecular weight is 178 g/mol. The third-order valence-corrected chi connectivity index (χ3v) is 3.84. The second-order valence-electron chi connectivity index (χ2n) is 3.35. The molecule has 1 unspecified atom stereocenters. The van der Waals surface area contributed by atoms with E-state index in [1.807, 2.05) is 0 Å². The molecule has 0 spiro atoms. The highest BCUT2D eigenvalue weighted by Crippen LogP contribution is 2.22. The predicted molar refractivity (Wildman–Crippen MR) is 43.1 cm³/mol. The Hall–Kier alpha value is -0.0900. The second kappa shape index (κ2) is 3.11. The average Bonchev–Trinajstić information content (AvgIpc) is 2.08. The van der Waals surface area contributed by atoms with E-state index in [-0.39, 0.29) is 17.8 Å². The number of aliphatic hydroxyl groups is 1. The molecule has 11 heavy (non-hydrogen) atoms. The van der Waals surface area contributed by atoms with E-state index in [9.17, 15) is 8.42 Å². The molecule has 0 amide bonds. The predicted octanol–water partition coefficient (Wildman–Crippen LogP) is 0.192. The van der Waals surface area contributed by atoms with Gasteiger partial charge in [-0.25, -0.2) is 8.42 Å². The monoisotopic (exact) mass is 178 g/mol. The number of aliphatic hydroxyl groups excluding tert-OH is 1. The molecule has 1 saturated heterocycles. The molecule has 0 saturated carbocycles. The third-order valence-electron chi connectivity index (χ3n) is 2.00. The first-order valence-corrected chi connectivity index (χ1v) is 5.70. The Labute approximate surface area is 67.3 Å². The van der Waals surface area contributed by atoms with E-state index >= 15 is 0 Å². The van der Waals surface area contributed by atoms with E-state index in [4.69, 9.17) is 5.11 Å². The first-order valence-electron chi connectivity index (χ1n) is 3.88. The number of sulfone groups is 1. The van der Waals surface area contributed by atoms with E-state index in [1.54, 1.807) is 6.92 Å². The Bertz CT molecular complexity index is 218. The summed E-state index contributed by atoms with van der Waals surface area (Å²) in [7, 11) is -2.75. The summed E-state index contributed by atoms with van der Waals surface area (Å²) in [4.78, 5) is 0. The quantitative estimate of drug-likeness (QED) is 0.657. The topological polar surface area (TPSA) is 54.4 Å². The zero-order chi connectivity index (χ0) is 8.48. The molecule has 3 nitrogen and oxygen atoms in total.